The number of urea groups is 1. The molecule has 146 valence electrons. The third-order valence-corrected chi connectivity index (χ3v) is 6.05. The number of ether oxygens (including phenoxy) is 1. The Labute approximate surface area is 169 Å². The zero-order valence-corrected chi connectivity index (χ0v) is 16.8. The summed E-state index contributed by atoms with van der Waals surface area (Å²) in [4.78, 5) is 27.1. The number of rotatable bonds is 1. The van der Waals surface area contributed by atoms with Crippen molar-refractivity contribution in [2.75, 3.05) is 18.4 Å². The van der Waals surface area contributed by atoms with Crippen molar-refractivity contribution in [3.05, 3.63) is 58.1 Å². The molecule has 4 rings (SSSR count). The molecule has 0 unspecified atom stereocenters. The molecule has 0 atom stereocenters. The lowest BCUT2D eigenvalue weighted by molar-refractivity contribution is -0.000173. The Kier molecular flexibility index (Phi) is 4.79. The summed E-state index contributed by atoms with van der Waals surface area (Å²) >= 11 is 5.98. The van der Waals surface area contributed by atoms with Crippen molar-refractivity contribution < 1.29 is 14.3 Å². The van der Waals surface area contributed by atoms with Gasteiger partial charge in [0.15, 0.2) is 5.78 Å². The minimum absolute atomic E-state index is 0.126. The maximum atomic E-state index is 12.7. The van der Waals surface area contributed by atoms with Crippen LogP contribution in [-0.4, -0.2) is 35.4 Å². The van der Waals surface area contributed by atoms with Gasteiger partial charge in [0.2, 0.25) is 0 Å². The van der Waals surface area contributed by atoms with Gasteiger partial charge >= 0.3 is 6.03 Å². The Bertz CT molecular complexity index is 949. The van der Waals surface area contributed by atoms with E-state index in [1.165, 1.54) is 0 Å². The van der Waals surface area contributed by atoms with Crippen LogP contribution in [0.5, 0.6) is 5.75 Å². The average Bonchev–Trinajstić information content (AvgIpc) is 2.66. The predicted octanol–water partition coefficient (Wildman–Crippen LogP) is 4.99. The molecule has 2 aliphatic heterocycles. The van der Waals surface area contributed by atoms with Gasteiger partial charge < -0.3 is 15.0 Å². The Morgan fingerprint density at radius 2 is 1.93 bits per heavy atom. The molecular formula is C22H23ClN2O3. The summed E-state index contributed by atoms with van der Waals surface area (Å²) in [5.74, 6) is 0.842. The van der Waals surface area contributed by atoms with Gasteiger partial charge in [0.1, 0.15) is 11.4 Å². The molecule has 0 radical (unpaired) electrons. The van der Waals surface area contributed by atoms with Gasteiger partial charge in [0.05, 0.1) is 12.0 Å². The number of nitrogens with zero attached hydrogens (tertiary/aromatic N) is 1. The van der Waals surface area contributed by atoms with Crippen LogP contribution in [0.2, 0.25) is 5.02 Å². The van der Waals surface area contributed by atoms with Gasteiger partial charge in [-0.3, -0.25) is 4.79 Å². The standard InChI is InChI=1S/C22H23ClN2O3/c1-14-6-7-18-19(26)13-22(28-20(18)15(14)2)8-10-25(11-9-22)21(27)24-17-5-3-4-16(23)12-17/h3-7,12H,8-11,13H2,1-2H3,(H,24,27). The Hall–Kier alpha value is -2.53. The number of anilines is 1. The summed E-state index contributed by atoms with van der Waals surface area (Å²) in [6.45, 7) is 5.10. The number of carbonyl (C=O) groups is 2. The second-order valence-corrected chi connectivity index (χ2v) is 8.13. The highest BCUT2D eigenvalue weighted by Gasteiger charge is 2.44. The normalized spacial score (nSPS) is 17.8. The zero-order valence-electron chi connectivity index (χ0n) is 16.0. The number of Topliss-reactive ketones (excluding diaryl/α,β-unsaturated/α-hetero) is 1. The van der Waals surface area contributed by atoms with Crippen LogP contribution in [0.15, 0.2) is 36.4 Å². The number of fused-ring (bicyclic) bond motifs is 1. The van der Waals surface area contributed by atoms with E-state index in [1.807, 2.05) is 26.0 Å². The first-order valence-corrected chi connectivity index (χ1v) is 9.89. The lowest BCUT2D eigenvalue weighted by Gasteiger charge is -2.44. The molecule has 2 amide bonds. The second kappa shape index (κ2) is 7.13. The monoisotopic (exact) mass is 398 g/mol. The molecule has 0 aromatic heterocycles. The fraction of sp³-hybridized carbons (Fsp3) is 0.364. The quantitative estimate of drug-likeness (QED) is 0.736. The summed E-state index contributed by atoms with van der Waals surface area (Å²) in [5.41, 5.74) is 2.96. The van der Waals surface area contributed by atoms with E-state index in [0.717, 1.165) is 11.1 Å². The molecular weight excluding hydrogens is 376 g/mol. The number of halogens is 1. The number of amides is 2. The number of piperidine rings is 1. The van der Waals surface area contributed by atoms with Gasteiger partial charge in [-0.15, -0.1) is 0 Å². The molecule has 0 bridgehead atoms. The van der Waals surface area contributed by atoms with Crippen molar-refractivity contribution in [2.45, 2.75) is 38.7 Å². The third-order valence-electron chi connectivity index (χ3n) is 5.82. The van der Waals surface area contributed by atoms with E-state index in [9.17, 15) is 9.59 Å². The maximum Gasteiger partial charge on any atom is 0.321 e. The van der Waals surface area contributed by atoms with Crippen LogP contribution in [0.3, 0.4) is 0 Å². The summed E-state index contributed by atoms with van der Waals surface area (Å²) < 4.78 is 6.41. The van der Waals surface area contributed by atoms with Gasteiger partial charge in [-0.2, -0.15) is 0 Å². The van der Waals surface area contributed by atoms with E-state index in [2.05, 4.69) is 5.32 Å². The van der Waals surface area contributed by atoms with Crippen molar-refractivity contribution in [3.8, 4) is 5.75 Å². The summed E-state index contributed by atoms with van der Waals surface area (Å²) in [6, 6.07) is 10.8. The molecule has 2 heterocycles. The van der Waals surface area contributed by atoms with Crippen LogP contribution in [0.1, 0.15) is 40.7 Å². The van der Waals surface area contributed by atoms with Crippen LogP contribution in [-0.2, 0) is 0 Å². The first kappa shape index (κ1) is 18.8. The number of hydrogen-bond donors (Lipinski definition) is 1. The number of hydrogen-bond acceptors (Lipinski definition) is 3. The van der Waals surface area contributed by atoms with Crippen molar-refractivity contribution >= 4 is 29.1 Å². The molecule has 0 aliphatic carbocycles. The molecule has 1 spiro atoms. The average molecular weight is 399 g/mol. The lowest BCUT2D eigenvalue weighted by atomic mass is 9.81. The van der Waals surface area contributed by atoms with E-state index in [-0.39, 0.29) is 11.8 Å². The lowest BCUT2D eigenvalue weighted by Crippen LogP contribution is -2.53. The Balaban J connectivity index is 1.45. The molecule has 2 aliphatic rings. The van der Waals surface area contributed by atoms with E-state index in [4.69, 9.17) is 16.3 Å². The number of nitrogens with one attached hydrogen (secondary N) is 1. The summed E-state index contributed by atoms with van der Waals surface area (Å²) in [6.07, 6.45) is 1.63. The van der Waals surface area contributed by atoms with E-state index < -0.39 is 5.60 Å². The van der Waals surface area contributed by atoms with Crippen molar-refractivity contribution in [2.24, 2.45) is 0 Å². The number of aryl methyl sites for hydroxylation is 1. The van der Waals surface area contributed by atoms with E-state index >= 15 is 0 Å². The number of benzene rings is 2. The van der Waals surface area contributed by atoms with Gasteiger partial charge in [-0.25, -0.2) is 4.79 Å². The van der Waals surface area contributed by atoms with Gasteiger partial charge in [-0.05, 0) is 49.2 Å². The zero-order chi connectivity index (χ0) is 19.9. The first-order valence-electron chi connectivity index (χ1n) is 9.51. The molecule has 5 nitrogen and oxygen atoms in total. The SMILES string of the molecule is Cc1ccc2c(c1C)OC1(CCN(C(=O)Nc3cccc(Cl)c3)CC1)CC2=O. The highest BCUT2D eigenvalue weighted by Crippen LogP contribution is 2.41. The molecule has 1 fully saturated rings. The van der Waals surface area contributed by atoms with Gasteiger partial charge in [0.25, 0.3) is 0 Å². The molecule has 28 heavy (non-hydrogen) atoms. The van der Waals surface area contributed by atoms with E-state index in [0.29, 0.717) is 54.4 Å². The number of likely N-dealkylation sites (tertiary alicyclic amines) is 1. The van der Waals surface area contributed by atoms with Crippen LogP contribution in [0, 0.1) is 13.8 Å². The highest BCUT2D eigenvalue weighted by molar-refractivity contribution is 6.30. The topological polar surface area (TPSA) is 58.6 Å². The van der Waals surface area contributed by atoms with Gasteiger partial charge in [-0.1, -0.05) is 23.7 Å². The minimum atomic E-state index is -0.518. The van der Waals surface area contributed by atoms with Crippen molar-refractivity contribution in [1.82, 2.24) is 4.90 Å². The maximum absolute atomic E-state index is 12.7. The van der Waals surface area contributed by atoms with Crippen LogP contribution in [0.25, 0.3) is 0 Å². The largest absolute Gasteiger partial charge is 0.486 e. The van der Waals surface area contributed by atoms with Crippen LogP contribution < -0.4 is 10.1 Å². The summed E-state index contributed by atoms with van der Waals surface area (Å²) in [7, 11) is 0. The fourth-order valence-corrected chi connectivity index (χ4v) is 4.14. The Morgan fingerprint density at radius 3 is 2.64 bits per heavy atom. The fourth-order valence-electron chi connectivity index (χ4n) is 3.95. The van der Waals surface area contributed by atoms with E-state index in [1.54, 1.807) is 29.2 Å². The van der Waals surface area contributed by atoms with Crippen molar-refractivity contribution in [3.63, 3.8) is 0 Å². The number of carbonyl (C=O) groups excluding carboxylic acids is 2. The minimum Gasteiger partial charge on any atom is -0.486 e. The molecule has 1 N–H and O–H groups in total. The number of ketones is 1. The molecule has 6 heteroatoms. The Morgan fingerprint density at radius 1 is 1.18 bits per heavy atom. The molecule has 1 saturated heterocycles. The van der Waals surface area contributed by atoms with Crippen LogP contribution >= 0.6 is 11.6 Å². The van der Waals surface area contributed by atoms with Crippen LogP contribution in [0.4, 0.5) is 10.5 Å². The first-order chi connectivity index (χ1) is 13.4. The second-order valence-electron chi connectivity index (χ2n) is 7.70. The third kappa shape index (κ3) is 3.47. The molecule has 2 aromatic rings. The predicted molar refractivity (Wildman–Crippen MR) is 110 cm³/mol. The smallest absolute Gasteiger partial charge is 0.321 e. The highest BCUT2D eigenvalue weighted by atomic mass is 35.5. The molecule has 0 saturated carbocycles. The van der Waals surface area contributed by atoms with Crippen molar-refractivity contribution in [1.29, 1.82) is 0 Å². The summed E-state index contributed by atoms with van der Waals surface area (Å²) in [5, 5.41) is 3.46. The van der Waals surface area contributed by atoms with Gasteiger partial charge in [0, 0.05) is 36.6 Å². The molecule has 2 aromatic carbocycles.